The van der Waals surface area contributed by atoms with Gasteiger partial charge in [0, 0.05) is 24.8 Å². The first kappa shape index (κ1) is 14.4. The van der Waals surface area contributed by atoms with Crippen LogP contribution >= 0.6 is 0 Å². The molecule has 106 valence electrons. The average molecular weight is 262 g/mol. The Morgan fingerprint density at radius 1 is 1.32 bits per heavy atom. The van der Waals surface area contributed by atoms with Crippen LogP contribution in [-0.2, 0) is 0 Å². The first-order chi connectivity index (χ1) is 9.13. The molecular formula is C16H26N2O. The number of piperidine rings is 1. The minimum Gasteiger partial charge on any atom is -0.393 e. The average Bonchev–Trinajstić information content (AvgIpc) is 2.46. The summed E-state index contributed by atoms with van der Waals surface area (Å²) in [6.07, 6.45) is 2.90. The smallest absolute Gasteiger partial charge is 0.0541 e. The van der Waals surface area contributed by atoms with Gasteiger partial charge in [-0.05, 0) is 43.7 Å². The summed E-state index contributed by atoms with van der Waals surface area (Å²) in [6, 6.07) is 8.59. The molecule has 0 spiro atoms. The highest BCUT2D eigenvalue weighted by molar-refractivity contribution is 5.55. The van der Waals surface area contributed by atoms with Crippen LogP contribution < -0.4 is 10.6 Å². The van der Waals surface area contributed by atoms with Crippen molar-refractivity contribution in [2.24, 2.45) is 11.7 Å². The molecule has 0 bridgehead atoms. The summed E-state index contributed by atoms with van der Waals surface area (Å²) in [5.41, 5.74) is 8.74. The molecule has 1 aliphatic heterocycles. The maximum atomic E-state index is 9.68. The van der Waals surface area contributed by atoms with Gasteiger partial charge < -0.3 is 15.7 Å². The molecule has 3 N–H and O–H groups in total. The van der Waals surface area contributed by atoms with Crippen molar-refractivity contribution < 1.29 is 5.11 Å². The zero-order valence-corrected chi connectivity index (χ0v) is 12.0. The lowest BCUT2D eigenvalue weighted by Crippen LogP contribution is -2.37. The Bertz CT molecular complexity index is 397. The van der Waals surface area contributed by atoms with Crippen molar-refractivity contribution in [3.63, 3.8) is 0 Å². The van der Waals surface area contributed by atoms with Gasteiger partial charge in [-0.3, -0.25) is 0 Å². The number of hydrogen-bond acceptors (Lipinski definition) is 3. The van der Waals surface area contributed by atoms with Gasteiger partial charge in [0.1, 0.15) is 0 Å². The van der Waals surface area contributed by atoms with E-state index in [1.54, 1.807) is 0 Å². The van der Waals surface area contributed by atoms with E-state index in [4.69, 9.17) is 5.73 Å². The summed E-state index contributed by atoms with van der Waals surface area (Å²) in [6.45, 7) is 6.06. The molecule has 19 heavy (non-hydrogen) atoms. The molecule has 0 amide bonds. The topological polar surface area (TPSA) is 49.5 Å². The Morgan fingerprint density at radius 3 is 2.53 bits per heavy atom. The summed E-state index contributed by atoms with van der Waals surface area (Å²) >= 11 is 0. The van der Waals surface area contributed by atoms with E-state index in [9.17, 15) is 5.11 Å². The number of nitrogens with two attached hydrogens (primary N) is 1. The minimum absolute atomic E-state index is 0.116. The Morgan fingerprint density at radius 2 is 1.95 bits per heavy atom. The number of anilines is 1. The molecule has 0 saturated carbocycles. The third kappa shape index (κ3) is 3.28. The van der Waals surface area contributed by atoms with Crippen LogP contribution in [0.25, 0.3) is 0 Å². The monoisotopic (exact) mass is 262 g/mol. The van der Waals surface area contributed by atoms with E-state index in [1.807, 2.05) is 6.92 Å². The van der Waals surface area contributed by atoms with Gasteiger partial charge in [-0.2, -0.15) is 0 Å². The zero-order chi connectivity index (χ0) is 13.8. The van der Waals surface area contributed by atoms with Crippen LogP contribution in [0.15, 0.2) is 24.3 Å². The lowest BCUT2D eigenvalue weighted by molar-refractivity contribution is 0.110. The molecule has 1 saturated heterocycles. The summed E-state index contributed by atoms with van der Waals surface area (Å²) in [7, 11) is 0. The number of benzene rings is 1. The number of para-hydroxylation sites is 1. The molecule has 3 nitrogen and oxygen atoms in total. The van der Waals surface area contributed by atoms with Crippen molar-refractivity contribution in [1.29, 1.82) is 0 Å². The molecule has 1 aliphatic rings. The summed E-state index contributed by atoms with van der Waals surface area (Å²) < 4.78 is 0. The van der Waals surface area contributed by atoms with Crippen LogP contribution in [0.3, 0.4) is 0 Å². The summed E-state index contributed by atoms with van der Waals surface area (Å²) in [5, 5.41) is 9.68. The fraction of sp³-hybridized carbons (Fsp3) is 0.625. The molecule has 2 unspecified atom stereocenters. The van der Waals surface area contributed by atoms with Gasteiger partial charge in [-0.25, -0.2) is 0 Å². The van der Waals surface area contributed by atoms with Crippen LogP contribution in [0, 0.1) is 5.92 Å². The normalized spacial score (nSPS) is 20.3. The fourth-order valence-electron chi connectivity index (χ4n) is 2.93. The van der Waals surface area contributed by atoms with E-state index >= 15 is 0 Å². The number of aliphatic hydroxyl groups is 1. The van der Waals surface area contributed by atoms with Crippen LogP contribution in [0.4, 0.5) is 5.69 Å². The van der Waals surface area contributed by atoms with Crippen molar-refractivity contribution >= 4 is 5.69 Å². The van der Waals surface area contributed by atoms with E-state index in [2.05, 4.69) is 36.1 Å². The molecule has 3 heteroatoms. The highest BCUT2D eigenvalue weighted by atomic mass is 16.3. The maximum absolute atomic E-state index is 9.68. The van der Waals surface area contributed by atoms with Gasteiger partial charge in [0.25, 0.3) is 0 Å². The van der Waals surface area contributed by atoms with Gasteiger partial charge in [0.2, 0.25) is 0 Å². The first-order valence-electron chi connectivity index (χ1n) is 7.41. The molecule has 2 rings (SSSR count). The second-order valence-electron chi connectivity index (χ2n) is 5.64. The molecule has 1 heterocycles. The highest BCUT2D eigenvalue weighted by Gasteiger charge is 2.24. The third-order valence-electron chi connectivity index (χ3n) is 4.34. The Kier molecular flexibility index (Phi) is 4.83. The molecule has 1 aromatic carbocycles. The van der Waals surface area contributed by atoms with E-state index in [0.717, 1.165) is 32.4 Å². The number of nitrogens with zero attached hydrogens (tertiary/aromatic N) is 1. The Balaban J connectivity index is 2.11. The second-order valence-corrected chi connectivity index (χ2v) is 5.64. The quantitative estimate of drug-likeness (QED) is 0.877. The van der Waals surface area contributed by atoms with E-state index in [0.29, 0.717) is 5.92 Å². The lowest BCUT2D eigenvalue weighted by Gasteiger charge is -2.36. The summed E-state index contributed by atoms with van der Waals surface area (Å²) in [4.78, 5) is 2.42. The summed E-state index contributed by atoms with van der Waals surface area (Å²) in [5.74, 6) is 0.447. The third-order valence-corrected chi connectivity index (χ3v) is 4.34. The number of hydrogen-bond donors (Lipinski definition) is 2. The Labute approximate surface area is 116 Å². The van der Waals surface area contributed by atoms with Crippen LogP contribution in [0.5, 0.6) is 0 Å². The van der Waals surface area contributed by atoms with Gasteiger partial charge in [-0.15, -0.1) is 0 Å². The van der Waals surface area contributed by atoms with Crippen molar-refractivity contribution in [3.05, 3.63) is 29.8 Å². The molecule has 0 aromatic heterocycles. The van der Waals surface area contributed by atoms with E-state index in [1.165, 1.54) is 11.3 Å². The van der Waals surface area contributed by atoms with Crippen molar-refractivity contribution in [2.45, 2.75) is 45.3 Å². The predicted molar refractivity (Wildman–Crippen MR) is 80.3 cm³/mol. The molecule has 0 radical (unpaired) electrons. The SMILES string of the molecule is CCC(N)c1ccccc1N1CCC(C(C)O)CC1. The van der Waals surface area contributed by atoms with Gasteiger partial charge in [0.15, 0.2) is 0 Å². The lowest BCUT2D eigenvalue weighted by atomic mass is 9.91. The van der Waals surface area contributed by atoms with Crippen LogP contribution in [0.1, 0.15) is 44.7 Å². The maximum Gasteiger partial charge on any atom is 0.0541 e. The van der Waals surface area contributed by atoms with Gasteiger partial charge >= 0.3 is 0 Å². The van der Waals surface area contributed by atoms with Crippen molar-refractivity contribution in [3.8, 4) is 0 Å². The largest absolute Gasteiger partial charge is 0.393 e. The highest BCUT2D eigenvalue weighted by Crippen LogP contribution is 2.31. The number of rotatable bonds is 4. The van der Waals surface area contributed by atoms with Gasteiger partial charge in [0.05, 0.1) is 6.10 Å². The van der Waals surface area contributed by atoms with Crippen molar-refractivity contribution in [2.75, 3.05) is 18.0 Å². The van der Waals surface area contributed by atoms with Gasteiger partial charge in [-0.1, -0.05) is 25.1 Å². The molecule has 2 atom stereocenters. The first-order valence-corrected chi connectivity index (χ1v) is 7.41. The Hall–Kier alpha value is -1.06. The second kappa shape index (κ2) is 6.40. The van der Waals surface area contributed by atoms with Crippen LogP contribution in [-0.4, -0.2) is 24.3 Å². The van der Waals surface area contributed by atoms with E-state index < -0.39 is 0 Å². The molecule has 1 aromatic rings. The van der Waals surface area contributed by atoms with E-state index in [-0.39, 0.29) is 12.1 Å². The molecular weight excluding hydrogens is 236 g/mol. The number of aliphatic hydroxyl groups excluding tert-OH is 1. The van der Waals surface area contributed by atoms with Crippen LogP contribution in [0.2, 0.25) is 0 Å². The standard InChI is InChI=1S/C16H26N2O/c1-3-15(17)14-6-4-5-7-16(14)18-10-8-13(9-11-18)12(2)19/h4-7,12-13,15,19H,3,8-11,17H2,1-2H3. The van der Waals surface area contributed by atoms with Crippen molar-refractivity contribution in [1.82, 2.24) is 0 Å². The predicted octanol–water partition coefficient (Wildman–Crippen LogP) is 2.69. The zero-order valence-electron chi connectivity index (χ0n) is 12.0. The molecule has 1 fully saturated rings. The molecule has 0 aliphatic carbocycles. The fourth-order valence-corrected chi connectivity index (χ4v) is 2.93. The minimum atomic E-state index is -0.185.